The summed E-state index contributed by atoms with van der Waals surface area (Å²) in [7, 11) is 0. The van der Waals surface area contributed by atoms with Gasteiger partial charge in [0.2, 0.25) is 5.89 Å². The first-order valence-electron chi connectivity index (χ1n) is 6.68. The van der Waals surface area contributed by atoms with E-state index >= 15 is 0 Å². The van der Waals surface area contributed by atoms with E-state index in [1.165, 1.54) is 19.3 Å². The Morgan fingerprint density at radius 3 is 2.59 bits per heavy atom. The molecule has 0 aliphatic heterocycles. The molecule has 1 rings (SSSR count). The van der Waals surface area contributed by atoms with Gasteiger partial charge in [0.05, 0.1) is 0 Å². The van der Waals surface area contributed by atoms with Gasteiger partial charge in [-0.3, -0.25) is 0 Å². The van der Waals surface area contributed by atoms with Crippen molar-refractivity contribution in [3.8, 4) is 0 Å². The normalized spacial score (nSPS) is 14.8. The molecule has 1 aromatic rings. The molecule has 2 unspecified atom stereocenters. The Hall–Kier alpha value is -0.900. The molecule has 4 nitrogen and oxygen atoms in total. The van der Waals surface area contributed by atoms with E-state index in [-0.39, 0.29) is 0 Å². The average Bonchev–Trinajstić information content (AvgIpc) is 2.73. The lowest BCUT2D eigenvalue weighted by atomic mass is 9.98. The van der Waals surface area contributed by atoms with Crippen LogP contribution in [0.15, 0.2) is 4.52 Å². The van der Waals surface area contributed by atoms with Crippen molar-refractivity contribution in [2.75, 3.05) is 6.54 Å². The molecule has 0 spiro atoms. The summed E-state index contributed by atoms with van der Waals surface area (Å²) in [5.41, 5.74) is 0. The fourth-order valence-electron chi connectivity index (χ4n) is 1.87. The highest BCUT2D eigenvalue weighted by Crippen LogP contribution is 2.11. The van der Waals surface area contributed by atoms with Crippen molar-refractivity contribution in [2.24, 2.45) is 5.92 Å². The van der Waals surface area contributed by atoms with E-state index in [1.807, 2.05) is 6.92 Å². The third kappa shape index (κ3) is 5.31. The number of nitrogens with zero attached hydrogens (tertiary/aromatic N) is 2. The van der Waals surface area contributed by atoms with Crippen LogP contribution in [0, 0.1) is 12.8 Å². The molecule has 0 saturated heterocycles. The Labute approximate surface area is 104 Å². The summed E-state index contributed by atoms with van der Waals surface area (Å²) in [6, 6.07) is 0.606. The van der Waals surface area contributed by atoms with E-state index in [1.54, 1.807) is 0 Å². The second-order valence-electron chi connectivity index (χ2n) is 4.79. The van der Waals surface area contributed by atoms with Gasteiger partial charge < -0.3 is 9.84 Å². The Bertz CT molecular complexity index is 311. The predicted octanol–water partition coefficient (Wildman–Crippen LogP) is 2.72. The fraction of sp³-hybridized carbons (Fsp3) is 0.846. The van der Waals surface area contributed by atoms with Gasteiger partial charge in [0.1, 0.15) is 0 Å². The van der Waals surface area contributed by atoms with Crippen molar-refractivity contribution in [1.82, 2.24) is 15.5 Å². The monoisotopic (exact) mass is 239 g/mol. The number of nitrogens with one attached hydrogen (secondary N) is 1. The SMILES string of the molecule is CCC(C)CC(CC)NCCc1nc(C)no1. The van der Waals surface area contributed by atoms with E-state index in [4.69, 9.17) is 4.52 Å². The highest BCUT2D eigenvalue weighted by atomic mass is 16.5. The Morgan fingerprint density at radius 1 is 1.29 bits per heavy atom. The smallest absolute Gasteiger partial charge is 0.227 e. The first kappa shape index (κ1) is 14.2. The van der Waals surface area contributed by atoms with E-state index in [9.17, 15) is 0 Å². The number of hydrogen-bond donors (Lipinski definition) is 1. The summed E-state index contributed by atoms with van der Waals surface area (Å²) in [4.78, 5) is 4.19. The van der Waals surface area contributed by atoms with Gasteiger partial charge >= 0.3 is 0 Å². The minimum absolute atomic E-state index is 0.606. The second-order valence-corrected chi connectivity index (χ2v) is 4.79. The van der Waals surface area contributed by atoms with Gasteiger partial charge in [0.15, 0.2) is 5.82 Å². The molecule has 17 heavy (non-hydrogen) atoms. The highest BCUT2D eigenvalue weighted by Gasteiger charge is 2.10. The van der Waals surface area contributed by atoms with E-state index in [2.05, 4.69) is 36.2 Å². The fourth-order valence-corrected chi connectivity index (χ4v) is 1.87. The topological polar surface area (TPSA) is 51.0 Å². The van der Waals surface area contributed by atoms with Gasteiger partial charge in [-0.1, -0.05) is 32.3 Å². The first-order chi connectivity index (χ1) is 8.15. The van der Waals surface area contributed by atoms with Crippen LogP contribution in [0.5, 0.6) is 0 Å². The van der Waals surface area contributed by atoms with Crippen LogP contribution in [0.1, 0.15) is 51.7 Å². The molecule has 1 heterocycles. The predicted molar refractivity (Wildman–Crippen MR) is 68.9 cm³/mol. The Morgan fingerprint density at radius 2 is 2.06 bits per heavy atom. The Kier molecular flexibility index (Phi) is 6.19. The minimum Gasteiger partial charge on any atom is -0.339 e. The van der Waals surface area contributed by atoms with E-state index in [0.717, 1.165) is 24.8 Å². The van der Waals surface area contributed by atoms with Gasteiger partial charge in [0.25, 0.3) is 0 Å². The van der Waals surface area contributed by atoms with E-state index in [0.29, 0.717) is 11.9 Å². The molecule has 0 aliphatic carbocycles. The average molecular weight is 239 g/mol. The number of hydrogen-bond acceptors (Lipinski definition) is 4. The number of aryl methyl sites for hydroxylation is 1. The van der Waals surface area contributed by atoms with Gasteiger partial charge in [-0.05, 0) is 25.7 Å². The Balaban J connectivity index is 2.23. The summed E-state index contributed by atoms with van der Waals surface area (Å²) < 4.78 is 5.08. The molecule has 0 radical (unpaired) electrons. The number of aromatic nitrogens is 2. The molecule has 98 valence electrons. The van der Waals surface area contributed by atoms with E-state index < -0.39 is 0 Å². The van der Waals surface area contributed by atoms with Crippen molar-refractivity contribution >= 4 is 0 Å². The summed E-state index contributed by atoms with van der Waals surface area (Å²) in [5.74, 6) is 2.23. The van der Waals surface area contributed by atoms with Crippen LogP contribution in [0.4, 0.5) is 0 Å². The molecule has 4 heteroatoms. The molecule has 0 saturated carbocycles. The third-order valence-electron chi connectivity index (χ3n) is 3.22. The van der Waals surface area contributed by atoms with Gasteiger partial charge in [0, 0.05) is 19.0 Å². The van der Waals surface area contributed by atoms with Gasteiger partial charge in [-0.25, -0.2) is 0 Å². The van der Waals surface area contributed by atoms with Crippen LogP contribution in [0.3, 0.4) is 0 Å². The minimum atomic E-state index is 0.606. The molecule has 0 aliphatic rings. The zero-order chi connectivity index (χ0) is 12.7. The molecular weight excluding hydrogens is 214 g/mol. The summed E-state index contributed by atoms with van der Waals surface area (Å²) in [6.07, 6.45) is 4.49. The summed E-state index contributed by atoms with van der Waals surface area (Å²) in [6.45, 7) is 9.55. The maximum absolute atomic E-state index is 5.08. The van der Waals surface area contributed by atoms with Gasteiger partial charge in [-0.15, -0.1) is 0 Å². The van der Waals surface area contributed by atoms with Crippen LogP contribution in [-0.2, 0) is 6.42 Å². The molecule has 0 bridgehead atoms. The zero-order valence-corrected chi connectivity index (χ0v) is 11.5. The molecule has 0 aromatic carbocycles. The van der Waals surface area contributed by atoms with Crippen molar-refractivity contribution in [2.45, 2.75) is 59.4 Å². The van der Waals surface area contributed by atoms with Crippen LogP contribution < -0.4 is 5.32 Å². The second kappa shape index (κ2) is 7.43. The van der Waals surface area contributed by atoms with Crippen LogP contribution in [0.2, 0.25) is 0 Å². The lowest BCUT2D eigenvalue weighted by Crippen LogP contribution is -2.31. The van der Waals surface area contributed by atoms with Crippen LogP contribution in [-0.4, -0.2) is 22.7 Å². The molecule has 0 fully saturated rings. The molecule has 2 atom stereocenters. The highest BCUT2D eigenvalue weighted by molar-refractivity contribution is 4.83. The third-order valence-corrected chi connectivity index (χ3v) is 3.22. The summed E-state index contributed by atoms with van der Waals surface area (Å²) >= 11 is 0. The number of rotatable bonds is 8. The van der Waals surface area contributed by atoms with Gasteiger partial charge in [-0.2, -0.15) is 4.98 Å². The lowest BCUT2D eigenvalue weighted by Gasteiger charge is -2.19. The molecule has 0 amide bonds. The lowest BCUT2D eigenvalue weighted by molar-refractivity contribution is 0.355. The van der Waals surface area contributed by atoms with Crippen LogP contribution >= 0.6 is 0 Å². The van der Waals surface area contributed by atoms with Crippen molar-refractivity contribution < 1.29 is 4.52 Å². The quantitative estimate of drug-likeness (QED) is 0.758. The van der Waals surface area contributed by atoms with Crippen LogP contribution in [0.25, 0.3) is 0 Å². The summed E-state index contributed by atoms with van der Waals surface area (Å²) in [5, 5.41) is 7.35. The molecule has 1 aromatic heterocycles. The maximum atomic E-state index is 5.08. The van der Waals surface area contributed by atoms with Crippen molar-refractivity contribution in [3.05, 3.63) is 11.7 Å². The maximum Gasteiger partial charge on any atom is 0.227 e. The largest absolute Gasteiger partial charge is 0.339 e. The zero-order valence-electron chi connectivity index (χ0n) is 11.5. The molecule has 1 N–H and O–H groups in total. The first-order valence-corrected chi connectivity index (χ1v) is 6.68. The van der Waals surface area contributed by atoms with Crippen molar-refractivity contribution in [3.63, 3.8) is 0 Å². The standard InChI is InChI=1S/C13H25N3O/c1-5-10(3)9-12(6-2)14-8-7-13-15-11(4)16-17-13/h10,12,14H,5-9H2,1-4H3. The van der Waals surface area contributed by atoms with Crippen molar-refractivity contribution in [1.29, 1.82) is 0 Å². The molecular formula is C13H25N3O.